The Hall–Kier alpha value is -0.736. The maximum Gasteiger partial charge on any atom is 2.00 e. The molecule has 0 bridgehead atoms. The van der Waals surface area contributed by atoms with Crippen LogP contribution in [0.4, 0.5) is 0 Å². The van der Waals surface area contributed by atoms with Crippen LogP contribution in [-0.4, -0.2) is 32.1 Å². The number of hydrogen-bond donors (Lipinski definition) is 0. The molecular weight excluding hydrogens is 423 g/mol. The second-order valence-corrected chi connectivity index (χ2v) is 6.76. The van der Waals surface area contributed by atoms with Gasteiger partial charge in [-0.05, 0) is 26.1 Å². The first kappa shape index (κ1) is 29.5. The molecule has 0 aliphatic heterocycles. The van der Waals surface area contributed by atoms with Crippen LogP contribution in [0.1, 0.15) is 37.3 Å². The fourth-order valence-electron chi connectivity index (χ4n) is 3.12. The SMILES string of the molecule is CCCC[NH-].Cl.Cl.[CH2-]c1c(C2=C(CN(C)C)C=CC2)ccc2ccccc12.[Ti+2]. The Morgan fingerprint density at radius 1 is 1.07 bits per heavy atom. The third-order valence-electron chi connectivity index (χ3n) is 4.41. The van der Waals surface area contributed by atoms with Crippen LogP contribution in [0.15, 0.2) is 54.1 Å². The smallest absolute Gasteiger partial charge is 0.677 e. The normalized spacial score (nSPS) is 12.0. The summed E-state index contributed by atoms with van der Waals surface area (Å²) in [5.74, 6) is 0. The minimum Gasteiger partial charge on any atom is -0.677 e. The van der Waals surface area contributed by atoms with E-state index in [0.29, 0.717) is 6.54 Å². The molecule has 0 saturated carbocycles. The van der Waals surface area contributed by atoms with Crippen molar-refractivity contribution in [1.29, 1.82) is 0 Å². The Morgan fingerprint density at radius 3 is 2.32 bits per heavy atom. The van der Waals surface area contributed by atoms with E-state index in [1.54, 1.807) is 0 Å². The van der Waals surface area contributed by atoms with Gasteiger partial charge < -0.3 is 10.6 Å². The van der Waals surface area contributed by atoms with Crippen molar-refractivity contribution in [2.75, 3.05) is 27.2 Å². The number of nitrogens with zero attached hydrogens (tertiary/aromatic N) is 1. The molecule has 152 valence electrons. The fourth-order valence-corrected chi connectivity index (χ4v) is 3.12. The van der Waals surface area contributed by atoms with Crippen LogP contribution >= 0.6 is 24.8 Å². The molecule has 2 aromatic rings. The molecule has 2 aromatic carbocycles. The number of nitrogens with one attached hydrogen (secondary N) is 1. The predicted molar refractivity (Wildman–Crippen MR) is 126 cm³/mol. The average Bonchev–Trinajstić information content (AvgIpc) is 3.04. The average molecular weight is 455 g/mol. The predicted octanol–water partition coefficient (Wildman–Crippen LogP) is 6.98. The van der Waals surface area contributed by atoms with Gasteiger partial charge in [-0.2, -0.15) is 19.0 Å². The quantitative estimate of drug-likeness (QED) is 0.353. The van der Waals surface area contributed by atoms with E-state index in [2.05, 4.69) is 81.4 Å². The van der Waals surface area contributed by atoms with Crippen LogP contribution in [-0.2, 0) is 21.7 Å². The second-order valence-electron chi connectivity index (χ2n) is 6.76. The van der Waals surface area contributed by atoms with E-state index in [1.807, 2.05) is 0 Å². The zero-order valence-electron chi connectivity index (χ0n) is 17.1. The van der Waals surface area contributed by atoms with Crippen molar-refractivity contribution in [3.05, 3.63) is 77.9 Å². The van der Waals surface area contributed by atoms with Gasteiger partial charge in [-0.25, -0.2) is 0 Å². The van der Waals surface area contributed by atoms with Crippen LogP contribution in [0.25, 0.3) is 22.1 Å². The van der Waals surface area contributed by atoms with Gasteiger partial charge in [0.2, 0.25) is 0 Å². The Bertz CT molecular complexity index is 768. The summed E-state index contributed by atoms with van der Waals surface area (Å²) in [5.41, 5.74) is 11.9. The molecule has 1 N–H and O–H groups in total. The molecule has 0 saturated heterocycles. The van der Waals surface area contributed by atoms with Crippen molar-refractivity contribution in [2.45, 2.75) is 26.2 Å². The molecule has 3 rings (SSSR count). The number of hydrogen-bond acceptors (Lipinski definition) is 1. The minimum absolute atomic E-state index is 0. The van der Waals surface area contributed by atoms with Gasteiger partial charge in [0, 0.05) is 6.54 Å². The summed E-state index contributed by atoms with van der Waals surface area (Å²) in [4.78, 5) is 2.22. The van der Waals surface area contributed by atoms with E-state index < -0.39 is 0 Å². The van der Waals surface area contributed by atoms with Crippen molar-refractivity contribution < 1.29 is 21.7 Å². The summed E-state index contributed by atoms with van der Waals surface area (Å²) in [6.45, 7) is 8.00. The van der Waals surface area contributed by atoms with Crippen LogP contribution in [0, 0.1) is 6.92 Å². The molecule has 0 atom stereocenters. The first-order valence-electron chi connectivity index (χ1n) is 9.10. The van der Waals surface area contributed by atoms with Crippen LogP contribution in [0.3, 0.4) is 0 Å². The summed E-state index contributed by atoms with van der Waals surface area (Å²) in [7, 11) is 4.23. The number of benzene rings is 2. The van der Waals surface area contributed by atoms with E-state index in [4.69, 9.17) is 5.73 Å². The Morgan fingerprint density at radius 2 is 1.75 bits per heavy atom. The molecule has 0 radical (unpaired) electrons. The standard InChI is InChI=1S/C19H20N.C4H10N.2ClH.Ti/c1-14-17-9-5-4-7-15(17)11-12-18(14)19-10-6-8-16(19)13-20(2)3;1-2-3-4-5;;;/h4-9,11-12H,1,10,13H2,2-3H3;5H,2-4H2,1H3;2*1H;/q2*-1;;;+2. The van der Waals surface area contributed by atoms with E-state index >= 15 is 0 Å². The van der Waals surface area contributed by atoms with Gasteiger partial charge in [-0.15, -0.1) is 47.9 Å². The zero-order chi connectivity index (χ0) is 18.2. The zero-order valence-corrected chi connectivity index (χ0v) is 20.3. The Labute approximate surface area is 198 Å². The van der Waals surface area contributed by atoms with Gasteiger partial charge in [0.05, 0.1) is 0 Å². The van der Waals surface area contributed by atoms with Crippen molar-refractivity contribution in [3.63, 3.8) is 0 Å². The molecule has 1 aliphatic rings. The molecule has 0 fully saturated rings. The largest absolute Gasteiger partial charge is 2.00 e. The third-order valence-corrected chi connectivity index (χ3v) is 4.41. The van der Waals surface area contributed by atoms with Gasteiger partial charge in [-0.3, -0.25) is 0 Å². The van der Waals surface area contributed by atoms with Gasteiger partial charge in [0.25, 0.3) is 0 Å². The van der Waals surface area contributed by atoms with Crippen LogP contribution in [0.5, 0.6) is 0 Å². The maximum absolute atomic E-state index is 6.60. The fraction of sp³-hybridized carbons (Fsp3) is 0.348. The summed E-state index contributed by atoms with van der Waals surface area (Å²) < 4.78 is 0. The topological polar surface area (TPSA) is 27.0 Å². The Kier molecular flexibility index (Phi) is 15.9. The van der Waals surface area contributed by atoms with Crippen molar-refractivity contribution in [1.82, 2.24) is 4.90 Å². The molecule has 0 spiro atoms. The van der Waals surface area contributed by atoms with Crippen LogP contribution < -0.4 is 0 Å². The monoisotopic (exact) mass is 454 g/mol. The number of halogens is 2. The molecule has 2 nitrogen and oxygen atoms in total. The van der Waals surface area contributed by atoms with Crippen molar-refractivity contribution in [3.8, 4) is 0 Å². The summed E-state index contributed by atoms with van der Waals surface area (Å²) in [5, 5.41) is 2.52. The number of fused-ring (bicyclic) bond motifs is 1. The van der Waals surface area contributed by atoms with Gasteiger partial charge in [-0.1, -0.05) is 67.1 Å². The second kappa shape index (κ2) is 15.2. The third kappa shape index (κ3) is 7.95. The molecule has 0 amide bonds. The van der Waals surface area contributed by atoms with Gasteiger partial charge in [0.15, 0.2) is 0 Å². The molecule has 0 heterocycles. The molecular formula is C23H32Cl2N2Ti. The first-order valence-corrected chi connectivity index (χ1v) is 9.10. The number of unbranched alkanes of at least 4 members (excludes halogenated alkanes) is 1. The number of rotatable bonds is 5. The minimum atomic E-state index is 0. The van der Waals surface area contributed by atoms with E-state index in [-0.39, 0.29) is 46.5 Å². The summed E-state index contributed by atoms with van der Waals surface area (Å²) in [6, 6.07) is 12.9. The molecule has 5 heteroatoms. The Balaban J connectivity index is 0. The molecule has 28 heavy (non-hydrogen) atoms. The number of likely N-dealkylation sites (N-methyl/N-ethyl adjacent to an activating group) is 1. The molecule has 0 unspecified atom stereocenters. The van der Waals surface area contributed by atoms with E-state index in [0.717, 1.165) is 31.4 Å². The number of allylic oxidation sites excluding steroid dienone is 2. The van der Waals surface area contributed by atoms with Crippen molar-refractivity contribution in [2.24, 2.45) is 0 Å². The molecule has 1 aliphatic carbocycles. The first-order chi connectivity index (χ1) is 12.1. The summed E-state index contributed by atoms with van der Waals surface area (Å²) in [6.07, 6.45) is 7.74. The van der Waals surface area contributed by atoms with E-state index in [9.17, 15) is 0 Å². The summed E-state index contributed by atoms with van der Waals surface area (Å²) >= 11 is 0. The maximum atomic E-state index is 6.60. The van der Waals surface area contributed by atoms with Gasteiger partial charge >= 0.3 is 21.7 Å². The van der Waals surface area contributed by atoms with E-state index in [1.165, 1.54) is 27.5 Å². The van der Waals surface area contributed by atoms with Gasteiger partial charge in [0.1, 0.15) is 0 Å². The van der Waals surface area contributed by atoms with Crippen molar-refractivity contribution >= 4 is 41.2 Å². The van der Waals surface area contributed by atoms with Crippen LogP contribution in [0.2, 0.25) is 0 Å². The molecule has 0 aromatic heterocycles.